The molecule has 9 nitrogen and oxygen atoms in total. The van der Waals surface area contributed by atoms with Gasteiger partial charge in [-0.3, -0.25) is 4.79 Å². The number of esters is 1. The monoisotopic (exact) mass is 401 g/mol. The topological polar surface area (TPSA) is 105 Å². The Morgan fingerprint density at radius 3 is 2.73 bits per heavy atom. The Hall–Kier alpha value is -4.27. The smallest absolute Gasteiger partial charge is 0.341 e. The molecule has 0 saturated carbocycles. The number of ether oxygens (including phenoxy) is 1. The molecule has 0 aliphatic heterocycles. The van der Waals surface area contributed by atoms with Crippen LogP contribution in [0.4, 0.5) is 0 Å². The van der Waals surface area contributed by atoms with Gasteiger partial charge < -0.3 is 13.7 Å². The van der Waals surface area contributed by atoms with E-state index in [0.29, 0.717) is 17.1 Å². The van der Waals surface area contributed by atoms with Crippen molar-refractivity contribution < 1.29 is 13.9 Å². The molecule has 0 spiro atoms. The molecule has 30 heavy (non-hydrogen) atoms. The van der Waals surface area contributed by atoms with Crippen molar-refractivity contribution in [3.05, 3.63) is 82.8 Å². The van der Waals surface area contributed by atoms with E-state index in [1.807, 2.05) is 30.3 Å². The van der Waals surface area contributed by atoms with Crippen molar-refractivity contribution in [1.29, 1.82) is 0 Å². The van der Waals surface area contributed by atoms with E-state index < -0.39 is 5.97 Å². The van der Waals surface area contributed by atoms with E-state index in [0.717, 1.165) is 5.56 Å². The molecule has 0 atom stereocenters. The van der Waals surface area contributed by atoms with Gasteiger partial charge in [0.2, 0.25) is 0 Å². The number of fused-ring (bicyclic) bond motifs is 3. The van der Waals surface area contributed by atoms with Crippen LogP contribution < -0.4 is 5.56 Å². The maximum Gasteiger partial charge on any atom is 0.341 e. The van der Waals surface area contributed by atoms with E-state index in [1.54, 1.807) is 12.1 Å². The lowest BCUT2D eigenvalue weighted by Crippen LogP contribution is -2.24. The molecule has 0 amide bonds. The lowest BCUT2D eigenvalue weighted by Gasteiger charge is -2.10. The molecule has 0 saturated heterocycles. The Kier molecular flexibility index (Phi) is 4.13. The molecule has 148 valence electrons. The van der Waals surface area contributed by atoms with Gasteiger partial charge in [0, 0.05) is 18.0 Å². The van der Waals surface area contributed by atoms with Crippen LogP contribution in [0.5, 0.6) is 0 Å². The molecule has 5 rings (SSSR count). The number of nitrogens with zero attached hydrogens (tertiary/aromatic N) is 5. The number of benzene rings is 1. The van der Waals surface area contributed by atoms with E-state index in [4.69, 9.17) is 9.15 Å². The number of rotatable bonds is 4. The molecule has 0 aliphatic carbocycles. The van der Waals surface area contributed by atoms with E-state index >= 15 is 0 Å². The van der Waals surface area contributed by atoms with Gasteiger partial charge >= 0.3 is 5.97 Å². The summed E-state index contributed by atoms with van der Waals surface area (Å²) < 4.78 is 13.1. The molecule has 4 heterocycles. The van der Waals surface area contributed by atoms with Gasteiger partial charge in [0.05, 0.1) is 30.8 Å². The zero-order valence-electron chi connectivity index (χ0n) is 15.8. The van der Waals surface area contributed by atoms with Crippen LogP contribution in [-0.4, -0.2) is 37.2 Å². The summed E-state index contributed by atoms with van der Waals surface area (Å²) in [5.74, 6) is 0.687. The standard InChI is InChI=1S/C21H15N5O4/c1-29-20(28)16-12-25(11-14-8-5-9-30-14)19(27)15-10-22-21-23-18(24-26(21)17(15)16)13-6-3-2-4-7-13/h2-10,12H,11H2,1H3. The van der Waals surface area contributed by atoms with Crippen LogP contribution in [-0.2, 0) is 11.3 Å². The highest BCUT2D eigenvalue weighted by molar-refractivity contribution is 6.02. The van der Waals surface area contributed by atoms with Gasteiger partial charge in [0.1, 0.15) is 11.3 Å². The van der Waals surface area contributed by atoms with Crippen LogP contribution >= 0.6 is 0 Å². The van der Waals surface area contributed by atoms with Gasteiger partial charge in [-0.05, 0) is 12.1 Å². The van der Waals surface area contributed by atoms with Crippen molar-refractivity contribution >= 4 is 22.6 Å². The molecule has 4 aromatic heterocycles. The minimum absolute atomic E-state index is 0.163. The van der Waals surface area contributed by atoms with Crippen molar-refractivity contribution in [2.75, 3.05) is 7.11 Å². The normalized spacial score (nSPS) is 11.2. The van der Waals surface area contributed by atoms with E-state index in [9.17, 15) is 9.59 Å². The van der Waals surface area contributed by atoms with E-state index in [-0.39, 0.29) is 28.8 Å². The maximum absolute atomic E-state index is 13.1. The predicted octanol–water partition coefficient (Wildman–Crippen LogP) is 2.53. The molecule has 0 fully saturated rings. The lowest BCUT2D eigenvalue weighted by atomic mass is 10.2. The Bertz CT molecular complexity index is 1440. The SMILES string of the molecule is COC(=O)c1cn(Cc2ccco2)c(=O)c2cnc3nc(-c4ccccc4)nn3c12. The third-order valence-electron chi connectivity index (χ3n) is 4.74. The Labute approximate surface area is 169 Å². The summed E-state index contributed by atoms with van der Waals surface area (Å²) >= 11 is 0. The summed E-state index contributed by atoms with van der Waals surface area (Å²) in [6.45, 7) is 0.163. The van der Waals surface area contributed by atoms with Crippen LogP contribution in [0.2, 0.25) is 0 Å². The Morgan fingerprint density at radius 2 is 2.00 bits per heavy atom. The highest BCUT2D eigenvalue weighted by Gasteiger charge is 2.21. The van der Waals surface area contributed by atoms with Crippen LogP contribution in [0.25, 0.3) is 28.1 Å². The first kappa shape index (κ1) is 17.8. The molecule has 5 aromatic rings. The largest absolute Gasteiger partial charge is 0.467 e. The Morgan fingerprint density at radius 1 is 1.17 bits per heavy atom. The number of carbonyl (C=O) groups is 1. The van der Waals surface area contributed by atoms with E-state index in [1.165, 1.54) is 34.8 Å². The molecule has 0 N–H and O–H groups in total. The molecule has 9 heteroatoms. The van der Waals surface area contributed by atoms with Gasteiger partial charge in [0.15, 0.2) is 5.82 Å². The molecule has 0 bridgehead atoms. The molecule has 0 aliphatic rings. The van der Waals surface area contributed by atoms with Crippen LogP contribution in [0, 0.1) is 0 Å². The molecule has 0 unspecified atom stereocenters. The summed E-state index contributed by atoms with van der Waals surface area (Å²) in [7, 11) is 1.28. The van der Waals surface area contributed by atoms with Crippen molar-refractivity contribution in [3.63, 3.8) is 0 Å². The zero-order chi connectivity index (χ0) is 20.7. The number of hydrogen-bond donors (Lipinski definition) is 0. The summed E-state index contributed by atoms with van der Waals surface area (Å²) in [6.07, 6.45) is 4.37. The summed E-state index contributed by atoms with van der Waals surface area (Å²) in [4.78, 5) is 34.4. The van der Waals surface area contributed by atoms with Crippen LogP contribution in [0.3, 0.4) is 0 Å². The number of aromatic nitrogens is 5. The van der Waals surface area contributed by atoms with Gasteiger partial charge in [-0.25, -0.2) is 9.78 Å². The number of methoxy groups -OCH3 is 1. The first-order valence-corrected chi connectivity index (χ1v) is 9.11. The second kappa shape index (κ2) is 6.96. The quantitative estimate of drug-likeness (QED) is 0.426. The third-order valence-corrected chi connectivity index (χ3v) is 4.74. The van der Waals surface area contributed by atoms with Crippen LogP contribution in [0.15, 0.2) is 70.3 Å². The molecule has 1 aromatic carbocycles. The first-order chi connectivity index (χ1) is 14.7. The molecule has 0 radical (unpaired) electrons. The number of furan rings is 1. The molecular weight excluding hydrogens is 386 g/mol. The van der Waals surface area contributed by atoms with Gasteiger partial charge in [0.25, 0.3) is 11.3 Å². The fraction of sp³-hybridized carbons (Fsp3) is 0.0952. The predicted molar refractivity (Wildman–Crippen MR) is 107 cm³/mol. The fourth-order valence-electron chi connectivity index (χ4n) is 3.34. The Balaban J connectivity index is 1.79. The number of hydrogen-bond acceptors (Lipinski definition) is 7. The van der Waals surface area contributed by atoms with Gasteiger partial charge in [-0.15, -0.1) is 5.10 Å². The van der Waals surface area contributed by atoms with Crippen molar-refractivity contribution in [2.45, 2.75) is 6.54 Å². The van der Waals surface area contributed by atoms with E-state index in [2.05, 4.69) is 15.1 Å². The second-order valence-corrected chi connectivity index (χ2v) is 6.58. The highest BCUT2D eigenvalue weighted by atomic mass is 16.5. The van der Waals surface area contributed by atoms with Crippen LogP contribution in [0.1, 0.15) is 16.1 Å². The zero-order valence-corrected chi connectivity index (χ0v) is 15.8. The average molecular weight is 401 g/mol. The summed E-state index contributed by atoms with van der Waals surface area (Å²) in [5.41, 5.74) is 0.930. The summed E-state index contributed by atoms with van der Waals surface area (Å²) in [5, 5.41) is 4.73. The first-order valence-electron chi connectivity index (χ1n) is 9.11. The number of pyridine rings is 1. The molecular formula is C21H15N5O4. The van der Waals surface area contributed by atoms with Crippen molar-refractivity contribution in [3.8, 4) is 11.4 Å². The summed E-state index contributed by atoms with van der Waals surface area (Å²) in [6, 6.07) is 12.9. The number of carbonyl (C=O) groups excluding carboxylic acids is 1. The second-order valence-electron chi connectivity index (χ2n) is 6.58. The van der Waals surface area contributed by atoms with Gasteiger partial charge in [-0.2, -0.15) is 9.50 Å². The average Bonchev–Trinajstić information content (AvgIpc) is 3.45. The third kappa shape index (κ3) is 2.84. The minimum atomic E-state index is -0.600. The maximum atomic E-state index is 13.1. The van der Waals surface area contributed by atoms with Crippen molar-refractivity contribution in [1.82, 2.24) is 24.1 Å². The minimum Gasteiger partial charge on any atom is -0.467 e. The van der Waals surface area contributed by atoms with Gasteiger partial charge in [-0.1, -0.05) is 30.3 Å². The lowest BCUT2D eigenvalue weighted by molar-refractivity contribution is 0.0601. The van der Waals surface area contributed by atoms with Crippen molar-refractivity contribution in [2.24, 2.45) is 0 Å². The highest BCUT2D eigenvalue weighted by Crippen LogP contribution is 2.21. The fourth-order valence-corrected chi connectivity index (χ4v) is 3.34.